The summed E-state index contributed by atoms with van der Waals surface area (Å²) in [6, 6.07) is 10.0. The molecule has 1 N–H and O–H groups in total. The second kappa shape index (κ2) is 6.29. The SMILES string of the molecule is CC(Cc1ccccc1)NC(=O)c1cnc(Cl)cn1. The molecule has 5 heteroatoms. The Hall–Kier alpha value is -1.94. The van der Waals surface area contributed by atoms with Crippen molar-refractivity contribution >= 4 is 17.5 Å². The number of rotatable bonds is 4. The third-order valence-electron chi connectivity index (χ3n) is 2.62. The van der Waals surface area contributed by atoms with Crippen LogP contribution < -0.4 is 5.32 Å². The zero-order valence-corrected chi connectivity index (χ0v) is 11.3. The van der Waals surface area contributed by atoms with Crippen molar-refractivity contribution in [3.63, 3.8) is 0 Å². The maximum absolute atomic E-state index is 11.9. The first-order valence-electron chi connectivity index (χ1n) is 5.97. The fourth-order valence-corrected chi connectivity index (χ4v) is 1.84. The summed E-state index contributed by atoms with van der Waals surface area (Å²) < 4.78 is 0. The number of benzene rings is 1. The molecule has 1 aromatic heterocycles. The third kappa shape index (κ3) is 4.03. The molecule has 0 spiro atoms. The number of carbonyl (C=O) groups excluding carboxylic acids is 1. The summed E-state index contributed by atoms with van der Waals surface area (Å²) >= 11 is 5.62. The normalized spacial score (nSPS) is 11.9. The van der Waals surface area contributed by atoms with Gasteiger partial charge in [0.2, 0.25) is 0 Å². The van der Waals surface area contributed by atoms with Crippen LogP contribution in [0, 0.1) is 0 Å². The zero-order chi connectivity index (χ0) is 13.7. The van der Waals surface area contributed by atoms with Gasteiger partial charge in [-0.05, 0) is 18.9 Å². The van der Waals surface area contributed by atoms with Crippen molar-refractivity contribution in [1.29, 1.82) is 0 Å². The third-order valence-corrected chi connectivity index (χ3v) is 2.81. The van der Waals surface area contributed by atoms with Crippen LogP contribution in [0.25, 0.3) is 0 Å². The van der Waals surface area contributed by atoms with Crippen LogP contribution in [0.2, 0.25) is 5.15 Å². The number of aromatic nitrogens is 2. The van der Waals surface area contributed by atoms with Gasteiger partial charge < -0.3 is 5.32 Å². The fourth-order valence-electron chi connectivity index (χ4n) is 1.75. The van der Waals surface area contributed by atoms with E-state index in [0.29, 0.717) is 0 Å². The van der Waals surface area contributed by atoms with Crippen LogP contribution in [0.1, 0.15) is 23.0 Å². The minimum Gasteiger partial charge on any atom is -0.348 e. The van der Waals surface area contributed by atoms with Crippen LogP contribution in [0.3, 0.4) is 0 Å². The van der Waals surface area contributed by atoms with E-state index in [2.05, 4.69) is 15.3 Å². The molecule has 0 aliphatic carbocycles. The average molecular weight is 276 g/mol. The standard InChI is InChI=1S/C14H14ClN3O/c1-10(7-11-5-3-2-4-6-11)18-14(19)12-8-17-13(15)9-16-12/h2-6,8-10H,7H2,1H3,(H,18,19). The van der Waals surface area contributed by atoms with Gasteiger partial charge in [-0.1, -0.05) is 41.9 Å². The fraction of sp³-hybridized carbons (Fsp3) is 0.214. The molecule has 0 saturated heterocycles. The summed E-state index contributed by atoms with van der Waals surface area (Å²) in [7, 11) is 0. The molecule has 2 aromatic rings. The van der Waals surface area contributed by atoms with Crippen molar-refractivity contribution in [2.45, 2.75) is 19.4 Å². The Morgan fingerprint density at radius 1 is 1.26 bits per heavy atom. The van der Waals surface area contributed by atoms with Crippen LogP contribution in [0.5, 0.6) is 0 Å². The molecule has 1 heterocycles. The minimum absolute atomic E-state index is 0.0207. The van der Waals surface area contributed by atoms with Gasteiger partial charge in [-0.3, -0.25) is 4.79 Å². The Morgan fingerprint density at radius 3 is 2.63 bits per heavy atom. The van der Waals surface area contributed by atoms with Gasteiger partial charge in [0.05, 0.1) is 12.4 Å². The molecule has 4 nitrogen and oxygen atoms in total. The van der Waals surface area contributed by atoms with E-state index in [0.717, 1.165) is 6.42 Å². The van der Waals surface area contributed by atoms with Gasteiger partial charge in [-0.15, -0.1) is 0 Å². The van der Waals surface area contributed by atoms with Crippen LogP contribution in [0.4, 0.5) is 0 Å². The summed E-state index contributed by atoms with van der Waals surface area (Å²) in [4.78, 5) is 19.7. The predicted molar refractivity (Wildman–Crippen MR) is 74.1 cm³/mol. The van der Waals surface area contributed by atoms with Crippen molar-refractivity contribution in [3.05, 3.63) is 59.1 Å². The molecule has 1 unspecified atom stereocenters. The van der Waals surface area contributed by atoms with Crippen molar-refractivity contribution in [2.24, 2.45) is 0 Å². The minimum atomic E-state index is -0.243. The van der Waals surface area contributed by atoms with E-state index in [1.54, 1.807) is 0 Å². The second-order valence-corrected chi connectivity index (χ2v) is 4.68. The van der Waals surface area contributed by atoms with E-state index in [4.69, 9.17) is 11.6 Å². The summed E-state index contributed by atoms with van der Waals surface area (Å²) in [5.41, 5.74) is 1.45. The number of hydrogen-bond acceptors (Lipinski definition) is 3. The Kier molecular flexibility index (Phi) is 4.47. The highest BCUT2D eigenvalue weighted by atomic mass is 35.5. The number of amides is 1. The van der Waals surface area contributed by atoms with Crippen molar-refractivity contribution < 1.29 is 4.79 Å². The summed E-state index contributed by atoms with van der Waals surface area (Å²) in [6.45, 7) is 1.95. The molecule has 19 heavy (non-hydrogen) atoms. The van der Waals surface area contributed by atoms with E-state index in [9.17, 15) is 4.79 Å². The number of carbonyl (C=O) groups is 1. The number of nitrogens with one attached hydrogen (secondary N) is 1. The Bertz CT molecular complexity index is 542. The smallest absolute Gasteiger partial charge is 0.271 e. The molecule has 0 fully saturated rings. The highest BCUT2D eigenvalue weighted by molar-refractivity contribution is 6.29. The largest absolute Gasteiger partial charge is 0.348 e. The molecular formula is C14H14ClN3O. The quantitative estimate of drug-likeness (QED) is 0.933. The molecule has 1 aromatic carbocycles. The monoisotopic (exact) mass is 275 g/mol. The average Bonchev–Trinajstić information content (AvgIpc) is 2.40. The van der Waals surface area contributed by atoms with Crippen LogP contribution >= 0.6 is 11.6 Å². The summed E-state index contributed by atoms with van der Waals surface area (Å²) in [5, 5.41) is 3.15. The number of halogens is 1. The van der Waals surface area contributed by atoms with Crippen molar-refractivity contribution in [3.8, 4) is 0 Å². The van der Waals surface area contributed by atoms with Gasteiger partial charge >= 0.3 is 0 Å². The lowest BCUT2D eigenvalue weighted by atomic mass is 10.1. The molecule has 0 aliphatic rings. The summed E-state index contributed by atoms with van der Waals surface area (Å²) in [5.74, 6) is -0.243. The molecule has 0 saturated carbocycles. The first kappa shape index (κ1) is 13.5. The Balaban J connectivity index is 1.93. The first-order valence-corrected chi connectivity index (χ1v) is 6.35. The lowest BCUT2D eigenvalue weighted by Crippen LogP contribution is -2.34. The number of nitrogens with zero attached hydrogens (tertiary/aromatic N) is 2. The lowest BCUT2D eigenvalue weighted by Gasteiger charge is -2.13. The molecule has 98 valence electrons. The van der Waals surface area contributed by atoms with Gasteiger partial charge in [0, 0.05) is 6.04 Å². The van der Waals surface area contributed by atoms with E-state index >= 15 is 0 Å². The van der Waals surface area contributed by atoms with Crippen molar-refractivity contribution in [1.82, 2.24) is 15.3 Å². The highest BCUT2D eigenvalue weighted by Crippen LogP contribution is 2.04. The molecule has 1 atom stereocenters. The van der Waals surface area contributed by atoms with Crippen LogP contribution in [-0.4, -0.2) is 21.9 Å². The van der Waals surface area contributed by atoms with Gasteiger partial charge in [-0.25, -0.2) is 9.97 Å². The van der Waals surface area contributed by atoms with Gasteiger partial charge in [0.1, 0.15) is 10.8 Å². The zero-order valence-electron chi connectivity index (χ0n) is 10.5. The van der Waals surface area contributed by atoms with Gasteiger partial charge in [-0.2, -0.15) is 0 Å². The van der Waals surface area contributed by atoms with Crippen molar-refractivity contribution in [2.75, 3.05) is 0 Å². The maximum atomic E-state index is 11.9. The first-order chi connectivity index (χ1) is 9.15. The molecule has 0 aliphatic heterocycles. The topological polar surface area (TPSA) is 54.9 Å². The van der Waals surface area contributed by atoms with E-state index in [1.807, 2.05) is 37.3 Å². The molecular weight excluding hydrogens is 262 g/mol. The maximum Gasteiger partial charge on any atom is 0.271 e. The predicted octanol–water partition coefficient (Wildman–Crippen LogP) is 2.49. The lowest BCUT2D eigenvalue weighted by molar-refractivity contribution is 0.0934. The van der Waals surface area contributed by atoms with Gasteiger partial charge in [0.25, 0.3) is 5.91 Å². The van der Waals surface area contributed by atoms with Gasteiger partial charge in [0.15, 0.2) is 0 Å². The van der Waals surface area contributed by atoms with E-state index in [-0.39, 0.29) is 22.8 Å². The van der Waals surface area contributed by atoms with E-state index < -0.39 is 0 Å². The van der Waals surface area contributed by atoms with E-state index in [1.165, 1.54) is 18.0 Å². The highest BCUT2D eigenvalue weighted by Gasteiger charge is 2.11. The van der Waals surface area contributed by atoms with Crippen LogP contribution in [0.15, 0.2) is 42.7 Å². The Labute approximate surface area is 116 Å². The second-order valence-electron chi connectivity index (χ2n) is 4.29. The van der Waals surface area contributed by atoms with Crippen LogP contribution in [-0.2, 0) is 6.42 Å². The number of hydrogen-bond donors (Lipinski definition) is 1. The Morgan fingerprint density at radius 2 is 2.00 bits per heavy atom. The molecule has 0 bridgehead atoms. The molecule has 2 rings (SSSR count). The molecule has 0 radical (unpaired) electrons. The molecule has 1 amide bonds. The summed E-state index contributed by atoms with van der Waals surface area (Å²) in [6.07, 6.45) is 3.50.